The summed E-state index contributed by atoms with van der Waals surface area (Å²) < 4.78 is 33.6. The number of thiophene rings is 2. The highest BCUT2D eigenvalue weighted by atomic mass is 32.1. The highest BCUT2D eigenvalue weighted by Gasteiger charge is 2.34. The quantitative estimate of drug-likeness (QED) is 0.165. The number of hydrogen-bond acceptors (Lipinski definition) is 6. The van der Waals surface area contributed by atoms with Crippen molar-refractivity contribution in [2.75, 3.05) is 0 Å². The Kier molecular flexibility index (Phi) is 16.5. The number of furan rings is 4. The molecule has 0 aliphatic carbocycles. The van der Waals surface area contributed by atoms with Gasteiger partial charge in [0.05, 0.1) is 0 Å². The molecule has 0 aliphatic rings. The normalized spacial score (nSPS) is 13.3. The van der Waals surface area contributed by atoms with Crippen LogP contribution in [0.3, 0.4) is 0 Å². The molecule has 26 rings (SSSR count). The third-order valence-corrected chi connectivity index (χ3v) is 31.2. The molecule has 632 valence electrons. The third-order valence-electron chi connectivity index (χ3n) is 28.7. The van der Waals surface area contributed by atoms with Gasteiger partial charge in [0.1, 0.15) is 44.7 Å². The Bertz CT molecular complexity index is 8850. The van der Waals surface area contributed by atoms with Gasteiger partial charge in [0.15, 0.2) is 0 Å². The zero-order valence-electron chi connectivity index (χ0n) is 77.0. The van der Waals surface area contributed by atoms with Crippen molar-refractivity contribution in [3.63, 3.8) is 0 Å². The molecule has 20 aromatic carbocycles. The lowest BCUT2D eigenvalue weighted by Crippen LogP contribution is -2.13. The van der Waals surface area contributed by atoms with Crippen LogP contribution in [-0.4, -0.2) is 0 Å². The number of benzene rings is 20. The fourth-order valence-electron chi connectivity index (χ4n) is 22.6. The van der Waals surface area contributed by atoms with Crippen molar-refractivity contribution >= 4 is 237 Å². The van der Waals surface area contributed by atoms with Crippen molar-refractivity contribution in [1.29, 1.82) is 0 Å². The van der Waals surface area contributed by atoms with Gasteiger partial charge in [-0.05, 0) is 273 Å². The fourth-order valence-corrected chi connectivity index (χ4v) is 25.7. The van der Waals surface area contributed by atoms with Crippen molar-refractivity contribution < 1.29 is 17.7 Å². The van der Waals surface area contributed by atoms with Crippen LogP contribution in [0.5, 0.6) is 0 Å². The van der Waals surface area contributed by atoms with Crippen LogP contribution < -0.4 is 0 Å². The van der Waals surface area contributed by atoms with E-state index in [0.29, 0.717) is 0 Å². The molecule has 0 spiro atoms. The Morgan fingerprint density at radius 3 is 0.885 bits per heavy atom. The Morgan fingerprint density at radius 2 is 0.500 bits per heavy atom. The van der Waals surface area contributed by atoms with E-state index in [-0.39, 0.29) is 32.5 Å². The molecule has 0 fully saturated rings. The van der Waals surface area contributed by atoms with Gasteiger partial charge in [-0.15, -0.1) is 22.7 Å². The largest absolute Gasteiger partial charge is 0.456 e. The van der Waals surface area contributed by atoms with Gasteiger partial charge < -0.3 is 17.7 Å². The van der Waals surface area contributed by atoms with Crippen LogP contribution in [0.1, 0.15) is 158 Å². The standard InChI is InChI=1S/C68H58O4.C56H42S2/c1-65(2,3)35-21-23-55-41(25-35)43-31-59-45(33-57(43)69-55)49-29-47-40(38-18-14-16-20-54(38)68(10,11)12)28-52-62-48(39(27-51(61(47)62)63(49)71-59)37-17-13-15-19-53(37)67(7,8)9)30-50-46-34-58-44(32-60(46)72-64(50)52)42-26-36(66(4,5)6)22-24-56(42)70-58;1-55(2,3)49-35-23-15-13-21-33(35)25-41-43-29-39-38(32-19-11-8-12-20-32)28-46-48-40(37(31-17-9-7-10-18-31)27-45(47(39)48)51(43)57-53(41)49)30-44-42-26-34-22-14-16-24-36(34)50(56(4,5)6)54(42)58-52(44)46/h13-34H,1-12H3;7-30H,1-6H3. The van der Waals surface area contributed by atoms with E-state index in [1.54, 1.807) is 0 Å². The van der Waals surface area contributed by atoms with Gasteiger partial charge in [0, 0.05) is 116 Å². The average molecular weight is 1720 g/mol. The van der Waals surface area contributed by atoms with Crippen molar-refractivity contribution in [1.82, 2.24) is 0 Å². The molecule has 0 saturated heterocycles. The fraction of sp³-hybridized carbons (Fsp3) is 0.194. The SMILES string of the molecule is CC(C)(C)c1c2ccccc2cc2c1sc1c2cc2c(-c3ccccc3)cc3c4sc5c(C(C)(C)C)c6ccccc6cc5c4cc4c(-c5ccccc5)cc1c2c43.CC(C)(C)c1ccc2oc3cc4c(cc3c2c1)oc1c4cc2c(-c3ccccc3C(C)(C)C)cc3c4oc5cc6c(cc5c4cc4c(-c5ccccc5C(C)(C)C)cc1c2c43)oc1ccc(C(C)(C)C)cc16. The van der Waals surface area contributed by atoms with E-state index in [0.717, 1.165) is 98.5 Å². The van der Waals surface area contributed by atoms with Gasteiger partial charge in [-0.1, -0.05) is 294 Å². The van der Waals surface area contributed by atoms with Crippen LogP contribution in [0.25, 0.3) is 259 Å². The van der Waals surface area contributed by atoms with Crippen LogP contribution in [0.4, 0.5) is 0 Å². The third kappa shape index (κ3) is 11.6. The van der Waals surface area contributed by atoms with Crippen LogP contribution >= 0.6 is 22.7 Å². The van der Waals surface area contributed by atoms with E-state index in [1.165, 1.54) is 194 Å². The molecule has 0 atom stereocenters. The molecular formula is C124H100O4S2. The molecule has 0 saturated carbocycles. The number of fused-ring (bicyclic) bond motifs is 24. The van der Waals surface area contributed by atoms with Gasteiger partial charge >= 0.3 is 0 Å². The molecule has 6 heteroatoms. The van der Waals surface area contributed by atoms with Crippen LogP contribution in [-0.2, 0) is 32.5 Å². The molecule has 26 aromatic rings. The summed E-state index contributed by atoms with van der Waals surface area (Å²) in [6, 6.07) is 105. The zero-order valence-corrected chi connectivity index (χ0v) is 78.6. The minimum atomic E-state index is -0.131. The summed E-state index contributed by atoms with van der Waals surface area (Å²) in [5.74, 6) is 0. The monoisotopic (exact) mass is 1720 g/mol. The van der Waals surface area contributed by atoms with Crippen molar-refractivity contribution in [2.45, 2.75) is 157 Å². The first kappa shape index (κ1) is 78.9. The van der Waals surface area contributed by atoms with E-state index < -0.39 is 0 Å². The number of rotatable bonds is 4. The summed E-state index contributed by atoms with van der Waals surface area (Å²) in [7, 11) is 0. The summed E-state index contributed by atoms with van der Waals surface area (Å²) in [5.41, 5.74) is 24.5. The first-order valence-electron chi connectivity index (χ1n) is 46.1. The minimum Gasteiger partial charge on any atom is -0.456 e. The minimum absolute atomic E-state index is 0.00424. The number of hydrogen-bond donors (Lipinski definition) is 0. The predicted octanol–water partition coefficient (Wildman–Crippen LogP) is 38.3. The van der Waals surface area contributed by atoms with Crippen LogP contribution in [0.15, 0.2) is 297 Å². The second-order valence-corrected chi connectivity index (χ2v) is 45.4. The lowest BCUT2D eigenvalue weighted by Gasteiger charge is -2.26. The van der Waals surface area contributed by atoms with E-state index in [2.05, 4.69) is 404 Å². The highest BCUT2D eigenvalue weighted by Crippen LogP contribution is 2.59. The maximum atomic E-state index is 7.31. The van der Waals surface area contributed by atoms with Crippen molar-refractivity contribution in [3.05, 3.63) is 312 Å². The van der Waals surface area contributed by atoms with Gasteiger partial charge in [-0.2, -0.15) is 0 Å². The van der Waals surface area contributed by atoms with E-state index >= 15 is 0 Å². The summed E-state index contributed by atoms with van der Waals surface area (Å²) in [6.45, 7) is 41.7. The summed E-state index contributed by atoms with van der Waals surface area (Å²) in [5, 5.41) is 34.3. The first-order chi connectivity index (χ1) is 62.2. The molecule has 6 heterocycles. The van der Waals surface area contributed by atoms with Gasteiger partial charge in [0.25, 0.3) is 0 Å². The van der Waals surface area contributed by atoms with Crippen molar-refractivity contribution in [2.24, 2.45) is 0 Å². The first-order valence-corrected chi connectivity index (χ1v) is 47.8. The van der Waals surface area contributed by atoms with E-state index in [4.69, 9.17) is 17.7 Å². The second kappa shape index (κ2) is 27.1. The molecule has 0 radical (unpaired) electrons. The molecule has 130 heavy (non-hydrogen) atoms. The van der Waals surface area contributed by atoms with Gasteiger partial charge in [-0.25, -0.2) is 0 Å². The molecule has 0 aliphatic heterocycles. The Balaban J connectivity index is 0.000000144. The molecular weight excluding hydrogens is 1620 g/mol. The van der Waals surface area contributed by atoms with Gasteiger partial charge in [0.2, 0.25) is 0 Å². The average Bonchev–Trinajstić information content (AvgIpc) is 1.37. The maximum Gasteiger partial charge on any atom is 0.143 e. The summed E-state index contributed by atoms with van der Waals surface area (Å²) in [6.07, 6.45) is 0. The van der Waals surface area contributed by atoms with Crippen LogP contribution in [0.2, 0.25) is 0 Å². The van der Waals surface area contributed by atoms with Crippen LogP contribution in [0, 0.1) is 0 Å². The molecule has 6 aromatic heterocycles. The predicted molar refractivity (Wildman–Crippen MR) is 564 cm³/mol. The Hall–Kier alpha value is -13.4. The molecule has 0 unspecified atom stereocenters. The molecule has 0 bridgehead atoms. The lowest BCUT2D eigenvalue weighted by molar-refractivity contribution is 0.590. The Morgan fingerprint density at radius 1 is 0.185 bits per heavy atom. The maximum absolute atomic E-state index is 7.31. The lowest BCUT2D eigenvalue weighted by atomic mass is 9.77. The summed E-state index contributed by atoms with van der Waals surface area (Å²) >= 11 is 4.01. The molecule has 0 N–H and O–H groups in total. The molecule has 0 amide bonds. The topological polar surface area (TPSA) is 52.6 Å². The smallest absolute Gasteiger partial charge is 0.143 e. The Labute approximate surface area is 763 Å². The van der Waals surface area contributed by atoms with Crippen molar-refractivity contribution in [3.8, 4) is 44.5 Å². The molecule has 4 nitrogen and oxygen atoms in total. The second-order valence-electron chi connectivity index (χ2n) is 43.3. The van der Waals surface area contributed by atoms with Gasteiger partial charge in [-0.3, -0.25) is 0 Å². The zero-order chi connectivity index (χ0) is 88.9. The van der Waals surface area contributed by atoms with E-state index in [9.17, 15) is 0 Å². The highest BCUT2D eigenvalue weighted by molar-refractivity contribution is 7.27. The summed E-state index contributed by atoms with van der Waals surface area (Å²) in [4.78, 5) is 0. The van der Waals surface area contributed by atoms with E-state index in [1.807, 2.05) is 22.7 Å².